The number of carbonyl (C=O) groups is 3. The standard InChI is InChI=1S/C16H18N2O5S/c1-16(2)12(15(21)22)18-13(20)11(14(18)24-16)17-10(19)8-23-9-6-4-3-5-7-9/h3-7,11-12,14H,8H2,1-2H3,(H,17,19)(H,21,22)/t11?,12?,14-/m0/s1. The number of hydrogen-bond donors (Lipinski definition) is 2. The van der Waals surface area contributed by atoms with E-state index < -0.39 is 28.7 Å². The Labute approximate surface area is 143 Å². The Morgan fingerprint density at radius 3 is 2.62 bits per heavy atom. The number of thioether (sulfide) groups is 1. The summed E-state index contributed by atoms with van der Waals surface area (Å²) in [5, 5.41) is 11.6. The zero-order chi connectivity index (χ0) is 17.5. The van der Waals surface area contributed by atoms with E-state index in [9.17, 15) is 19.5 Å². The van der Waals surface area contributed by atoms with Crippen LogP contribution in [-0.4, -0.2) is 56.6 Å². The summed E-state index contributed by atoms with van der Waals surface area (Å²) in [6.45, 7) is 3.38. The number of ether oxygens (including phenoxy) is 1. The van der Waals surface area contributed by atoms with Crippen LogP contribution in [0.25, 0.3) is 0 Å². The molecule has 8 heteroatoms. The van der Waals surface area contributed by atoms with Crippen LogP contribution in [0.15, 0.2) is 30.3 Å². The summed E-state index contributed by atoms with van der Waals surface area (Å²) < 4.78 is 4.74. The molecular weight excluding hydrogens is 332 g/mol. The van der Waals surface area contributed by atoms with Crippen LogP contribution in [0.4, 0.5) is 0 Å². The van der Waals surface area contributed by atoms with Crippen LogP contribution in [-0.2, 0) is 14.4 Å². The zero-order valence-corrected chi connectivity index (χ0v) is 14.1. The van der Waals surface area contributed by atoms with E-state index in [1.54, 1.807) is 38.1 Å². The SMILES string of the molecule is CC1(C)S[C@H]2C(NC(=O)COc3ccccc3)C(=O)N2C1C(=O)O. The van der Waals surface area contributed by atoms with Crippen molar-refractivity contribution < 1.29 is 24.2 Å². The van der Waals surface area contributed by atoms with E-state index in [0.717, 1.165) is 0 Å². The van der Waals surface area contributed by atoms with E-state index in [4.69, 9.17) is 4.74 Å². The third kappa shape index (κ3) is 2.82. The normalized spacial score (nSPS) is 27.2. The van der Waals surface area contributed by atoms with Crippen molar-refractivity contribution in [2.75, 3.05) is 6.61 Å². The molecule has 24 heavy (non-hydrogen) atoms. The Morgan fingerprint density at radius 1 is 1.33 bits per heavy atom. The number of β-lactam (4-membered cyclic amide) rings is 1. The summed E-state index contributed by atoms with van der Waals surface area (Å²) in [7, 11) is 0. The van der Waals surface area contributed by atoms with Crippen LogP contribution < -0.4 is 10.1 Å². The lowest BCUT2D eigenvalue weighted by Gasteiger charge is -2.43. The van der Waals surface area contributed by atoms with Gasteiger partial charge in [-0.25, -0.2) is 4.79 Å². The fraction of sp³-hybridized carbons (Fsp3) is 0.438. The van der Waals surface area contributed by atoms with Crippen molar-refractivity contribution >= 4 is 29.5 Å². The topological polar surface area (TPSA) is 95.9 Å². The quantitative estimate of drug-likeness (QED) is 0.759. The number of nitrogens with zero attached hydrogens (tertiary/aromatic N) is 1. The van der Waals surface area contributed by atoms with Gasteiger partial charge in [0.1, 0.15) is 23.2 Å². The maximum Gasteiger partial charge on any atom is 0.327 e. The van der Waals surface area contributed by atoms with Gasteiger partial charge in [-0.2, -0.15) is 0 Å². The second kappa shape index (κ2) is 6.01. The Bertz CT molecular complexity index is 678. The first kappa shape index (κ1) is 16.6. The maximum atomic E-state index is 12.2. The summed E-state index contributed by atoms with van der Waals surface area (Å²) in [5.41, 5.74) is 0. The Balaban J connectivity index is 1.59. The van der Waals surface area contributed by atoms with Crippen LogP contribution in [0.5, 0.6) is 5.75 Å². The predicted octanol–water partition coefficient (Wildman–Crippen LogP) is 0.697. The molecule has 7 nitrogen and oxygen atoms in total. The number of carbonyl (C=O) groups excluding carboxylic acids is 2. The zero-order valence-electron chi connectivity index (χ0n) is 13.3. The molecule has 3 rings (SSSR count). The number of fused-ring (bicyclic) bond motifs is 1. The molecule has 1 aromatic carbocycles. The number of benzene rings is 1. The molecule has 128 valence electrons. The van der Waals surface area contributed by atoms with E-state index in [1.807, 2.05) is 6.07 Å². The molecular formula is C16H18N2O5S. The van der Waals surface area contributed by atoms with Gasteiger partial charge >= 0.3 is 5.97 Å². The number of hydrogen-bond acceptors (Lipinski definition) is 5. The van der Waals surface area contributed by atoms with Crippen molar-refractivity contribution in [1.29, 1.82) is 0 Å². The van der Waals surface area contributed by atoms with Gasteiger partial charge in [-0.1, -0.05) is 18.2 Å². The summed E-state index contributed by atoms with van der Waals surface area (Å²) in [4.78, 5) is 37.0. The number of rotatable bonds is 5. The number of para-hydroxylation sites is 1. The van der Waals surface area contributed by atoms with Crippen molar-refractivity contribution in [3.63, 3.8) is 0 Å². The molecule has 2 fully saturated rings. The van der Waals surface area contributed by atoms with Gasteiger partial charge in [-0.05, 0) is 26.0 Å². The Hall–Kier alpha value is -2.22. The lowest BCUT2D eigenvalue weighted by atomic mass is 9.96. The minimum absolute atomic E-state index is 0.197. The highest BCUT2D eigenvalue weighted by molar-refractivity contribution is 8.01. The molecule has 0 saturated carbocycles. The van der Waals surface area contributed by atoms with E-state index in [1.165, 1.54) is 16.7 Å². The molecule has 2 unspecified atom stereocenters. The molecule has 3 atom stereocenters. The molecule has 0 spiro atoms. The van der Waals surface area contributed by atoms with Gasteiger partial charge in [0.05, 0.1) is 0 Å². The third-order valence-corrected chi connectivity index (χ3v) is 5.68. The Kier molecular flexibility index (Phi) is 4.16. The van der Waals surface area contributed by atoms with Gasteiger partial charge in [-0.15, -0.1) is 11.8 Å². The molecule has 2 amide bonds. The van der Waals surface area contributed by atoms with Gasteiger partial charge in [-0.3, -0.25) is 9.59 Å². The first-order valence-corrected chi connectivity index (χ1v) is 8.39. The number of nitrogens with one attached hydrogen (secondary N) is 1. The van der Waals surface area contributed by atoms with Gasteiger partial charge in [0.25, 0.3) is 5.91 Å². The van der Waals surface area contributed by atoms with E-state index in [2.05, 4.69) is 5.32 Å². The monoisotopic (exact) mass is 350 g/mol. The molecule has 0 aliphatic carbocycles. The average Bonchev–Trinajstić information content (AvgIpc) is 2.80. The summed E-state index contributed by atoms with van der Waals surface area (Å²) in [6.07, 6.45) is 0. The molecule has 2 aliphatic heterocycles. The third-order valence-electron chi connectivity index (χ3n) is 4.10. The highest BCUT2D eigenvalue weighted by Crippen LogP contribution is 2.50. The van der Waals surface area contributed by atoms with Crippen molar-refractivity contribution in [3.8, 4) is 5.75 Å². The average molecular weight is 350 g/mol. The molecule has 0 bridgehead atoms. The lowest BCUT2D eigenvalue weighted by Crippen LogP contribution is -2.70. The minimum Gasteiger partial charge on any atom is -0.484 e. The predicted molar refractivity (Wildman–Crippen MR) is 87.6 cm³/mol. The fourth-order valence-corrected chi connectivity index (χ4v) is 4.65. The van der Waals surface area contributed by atoms with Crippen LogP contribution in [0.2, 0.25) is 0 Å². The molecule has 0 radical (unpaired) electrons. The smallest absolute Gasteiger partial charge is 0.327 e. The highest BCUT2D eigenvalue weighted by atomic mass is 32.2. The molecule has 2 heterocycles. The lowest BCUT2D eigenvalue weighted by molar-refractivity contribution is -0.161. The minimum atomic E-state index is -1.03. The Morgan fingerprint density at radius 2 is 2.00 bits per heavy atom. The molecule has 2 saturated heterocycles. The molecule has 2 N–H and O–H groups in total. The van der Waals surface area contributed by atoms with Gasteiger partial charge in [0, 0.05) is 4.75 Å². The van der Waals surface area contributed by atoms with Gasteiger partial charge in [0.15, 0.2) is 6.61 Å². The fourth-order valence-electron chi connectivity index (χ4n) is 3.03. The molecule has 2 aliphatic rings. The van der Waals surface area contributed by atoms with Gasteiger partial charge < -0.3 is 20.1 Å². The van der Waals surface area contributed by atoms with E-state index in [-0.39, 0.29) is 17.9 Å². The number of carboxylic acid groups (broad SMARTS) is 1. The van der Waals surface area contributed by atoms with Crippen molar-refractivity contribution in [3.05, 3.63) is 30.3 Å². The van der Waals surface area contributed by atoms with Gasteiger partial charge in [0.2, 0.25) is 5.91 Å². The van der Waals surface area contributed by atoms with Crippen molar-refractivity contribution in [2.45, 2.75) is 36.1 Å². The number of carboxylic acids is 1. The second-order valence-electron chi connectivity index (χ2n) is 6.25. The number of amides is 2. The van der Waals surface area contributed by atoms with Crippen LogP contribution in [0, 0.1) is 0 Å². The first-order chi connectivity index (χ1) is 11.3. The number of aliphatic carboxylic acids is 1. The van der Waals surface area contributed by atoms with Crippen LogP contribution in [0.3, 0.4) is 0 Å². The summed E-state index contributed by atoms with van der Waals surface area (Å²) in [5.74, 6) is -1.23. The van der Waals surface area contributed by atoms with Crippen LogP contribution in [0.1, 0.15) is 13.8 Å². The molecule has 1 aromatic rings. The highest BCUT2D eigenvalue weighted by Gasteiger charge is 2.64. The van der Waals surface area contributed by atoms with E-state index in [0.29, 0.717) is 5.75 Å². The largest absolute Gasteiger partial charge is 0.484 e. The van der Waals surface area contributed by atoms with Crippen molar-refractivity contribution in [1.82, 2.24) is 10.2 Å². The first-order valence-electron chi connectivity index (χ1n) is 7.51. The maximum absolute atomic E-state index is 12.2. The van der Waals surface area contributed by atoms with E-state index >= 15 is 0 Å². The van der Waals surface area contributed by atoms with Crippen molar-refractivity contribution in [2.24, 2.45) is 0 Å². The molecule has 0 aromatic heterocycles. The second-order valence-corrected chi connectivity index (χ2v) is 8.02. The summed E-state index contributed by atoms with van der Waals surface area (Å²) in [6, 6.07) is 7.31. The summed E-state index contributed by atoms with van der Waals surface area (Å²) >= 11 is 1.39. The van der Waals surface area contributed by atoms with Crippen LogP contribution >= 0.6 is 11.8 Å².